The zero-order valence-electron chi connectivity index (χ0n) is 23.0. The van der Waals surface area contributed by atoms with E-state index >= 15 is 0 Å². The lowest BCUT2D eigenvalue weighted by molar-refractivity contribution is 0.00444. The van der Waals surface area contributed by atoms with Crippen molar-refractivity contribution in [2.45, 2.75) is 84.7 Å². The molecule has 5 N–H and O–H groups in total. The zero-order valence-corrected chi connectivity index (χ0v) is 23.0. The third-order valence-corrected chi connectivity index (χ3v) is 7.58. The number of pyridine rings is 1. The van der Waals surface area contributed by atoms with Gasteiger partial charge in [0.15, 0.2) is 0 Å². The smallest absolute Gasteiger partial charge is 0.224 e. The summed E-state index contributed by atoms with van der Waals surface area (Å²) in [6, 6.07) is 1.49. The highest BCUT2D eigenvalue weighted by molar-refractivity contribution is 5.55. The molecule has 3 aliphatic rings. The molecule has 0 saturated heterocycles. The summed E-state index contributed by atoms with van der Waals surface area (Å²) >= 11 is 0. The number of aryl methyl sites for hydroxylation is 2. The fourth-order valence-corrected chi connectivity index (χ4v) is 5.25. The molecule has 0 amide bonds. The Morgan fingerprint density at radius 3 is 2.50 bits per heavy atom. The molecule has 208 valence electrons. The predicted molar refractivity (Wildman–Crippen MR) is 144 cm³/mol. The predicted octanol–water partition coefficient (Wildman–Crippen LogP) is 2.93. The Bertz CT molecular complexity index is 1170. The largest absolute Gasteiger partial charge is 0.483 e. The molecule has 2 aromatic heterocycles. The first-order chi connectivity index (χ1) is 18.0. The first-order valence-corrected chi connectivity index (χ1v) is 13.7. The second-order valence-corrected chi connectivity index (χ2v) is 12.3. The topological polar surface area (TPSA) is 142 Å². The van der Waals surface area contributed by atoms with Crippen LogP contribution in [0.1, 0.15) is 68.7 Å². The molecule has 2 saturated carbocycles. The van der Waals surface area contributed by atoms with Crippen LogP contribution in [0.3, 0.4) is 0 Å². The van der Waals surface area contributed by atoms with Crippen molar-refractivity contribution in [3.8, 4) is 11.6 Å². The van der Waals surface area contributed by atoms with Gasteiger partial charge in [-0.2, -0.15) is 4.98 Å². The number of hydrogen-bond donors (Lipinski definition) is 5. The second-order valence-electron chi connectivity index (χ2n) is 12.3. The third kappa shape index (κ3) is 5.82. The Balaban J connectivity index is 1.42. The van der Waals surface area contributed by atoms with E-state index in [1.807, 2.05) is 19.9 Å². The Hall–Kier alpha value is -2.69. The minimum absolute atomic E-state index is 0.0192. The number of fused-ring (bicyclic) bond motifs is 1. The standard InChI is InChI=1S/C28H41N5O5/c1-14-22(20-9-17-10-21(37-13-28(3,4)5)30-15(2)25(17)38-20)26(33-27(31-14)29-11-16-6-7-16)32-19-8-18(12-34)23(35)24(19)36/h10,16,18-20,23-24,34-36H,6-9,11-13H2,1-5H3,(H2,29,31,32,33)/t18-,19-,20?,23-,24+/m1/s1. The van der Waals surface area contributed by atoms with Gasteiger partial charge in [0.1, 0.15) is 23.8 Å². The first-order valence-electron chi connectivity index (χ1n) is 13.7. The van der Waals surface area contributed by atoms with Crippen molar-refractivity contribution >= 4 is 11.8 Å². The van der Waals surface area contributed by atoms with Crippen LogP contribution in [-0.4, -0.2) is 68.3 Å². The van der Waals surface area contributed by atoms with Gasteiger partial charge in [-0.15, -0.1) is 0 Å². The Morgan fingerprint density at radius 2 is 1.84 bits per heavy atom. The molecule has 2 aliphatic carbocycles. The van der Waals surface area contributed by atoms with Crippen LogP contribution in [0.5, 0.6) is 11.6 Å². The van der Waals surface area contributed by atoms with Crippen LogP contribution in [0.4, 0.5) is 11.8 Å². The Labute approximate surface area is 224 Å². The highest BCUT2D eigenvalue weighted by Gasteiger charge is 2.42. The van der Waals surface area contributed by atoms with Gasteiger partial charge in [0.05, 0.1) is 35.7 Å². The summed E-state index contributed by atoms with van der Waals surface area (Å²) in [5.74, 6) is 2.69. The zero-order chi connectivity index (χ0) is 27.2. The minimum Gasteiger partial charge on any atom is -0.483 e. The molecule has 10 heteroatoms. The lowest BCUT2D eigenvalue weighted by Gasteiger charge is -2.24. The van der Waals surface area contributed by atoms with Crippen LogP contribution < -0.4 is 20.1 Å². The van der Waals surface area contributed by atoms with Crippen molar-refractivity contribution < 1.29 is 24.8 Å². The van der Waals surface area contributed by atoms with E-state index in [0.717, 1.165) is 34.8 Å². The summed E-state index contributed by atoms with van der Waals surface area (Å²) in [6.45, 7) is 11.4. The molecule has 0 bridgehead atoms. The number of rotatable bonds is 9. The Kier molecular flexibility index (Phi) is 7.41. The van der Waals surface area contributed by atoms with Gasteiger partial charge < -0.3 is 35.4 Å². The SMILES string of the molecule is Cc1nc(OCC(C)(C)C)cc2c1OC(c1c(C)nc(NCC3CC3)nc1N[C@@H]1C[C@H](CO)[C@@H](O)[C@H]1O)C2. The molecule has 0 spiro atoms. The molecule has 0 aromatic carbocycles. The maximum absolute atomic E-state index is 10.7. The number of nitrogens with one attached hydrogen (secondary N) is 2. The summed E-state index contributed by atoms with van der Waals surface area (Å²) in [4.78, 5) is 14.2. The molecule has 2 fully saturated rings. The molecular weight excluding hydrogens is 486 g/mol. The van der Waals surface area contributed by atoms with Gasteiger partial charge in [-0.05, 0) is 44.4 Å². The number of anilines is 2. The van der Waals surface area contributed by atoms with Gasteiger partial charge in [0.25, 0.3) is 0 Å². The molecular formula is C28H41N5O5. The van der Waals surface area contributed by atoms with Crippen molar-refractivity contribution in [1.29, 1.82) is 0 Å². The number of nitrogens with zero attached hydrogens (tertiary/aromatic N) is 3. The summed E-state index contributed by atoms with van der Waals surface area (Å²) in [6.07, 6.45) is 1.10. The van der Waals surface area contributed by atoms with E-state index in [1.54, 1.807) is 0 Å². The van der Waals surface area contributed by atoms with Gasteiger partial charge in [0, 0.05) is 37.1 Å². The van der Waals surface area contributed by atoms with Crippen LogP contribution in [0, 0.1) is 31.1 Å². The first kappa shape index (κ1) is 26.9. The van der Waals surface area contributed by atoms with Gasteiger partial charge in [-0.25, -0.2) is 9.97 Å². The lowest BCUT2D eigenvalue weighted by atomic mass is 9.99. The molecule has 1 unspecified atom stereocenters. The minimum atomic E-state index is -1.02. The number of aliphatic hydroxyl groups excluding tert-OH is 3. The van der Waals surface area contributed by atoms with E-state index in [0.29, 0.717) is 43.0 Å². The molecule has 10 nitrogen and oxygen atoms in total. The van der Waals surface area contributed by atoms with Crippen LogP contribution in [0.25, 0.3) is 0 Å². The van der Waals surface area contributed by atoms with Gasteiger partial charge in [-0.3, -0.25) is 0 Å². The summed E-state index contributed by atoms with van der Waals surface area (Å²) in [5.41, 5.74) is 3.39. The van der Waals surface area contributed by atoms with Crippen molar-refractivity contribution in [2.24, 2.45) is 17.3 Å². The van der Waals surface area contributed by atoms with E-state index in [2.05, 4.69) is 36.4 Å². The number of hydrogen-bond acceptors (Lipinski definition) is 10. The molecule has 2 aromatic rings. The van der Waals surface area contributed by atoms with Crippen LogP contribution in [0.2, 0.25) is 0 Å². The molecule has 38 heavy (non-hydrogen) atoms. The molecule has 1 aliphatic heterocycles. The lowest BCUT2D eigenvalue weighted by Crippen LogP contribution is -2.36. The van der Waals surface area contributed by atoms with Crippen LogP contribution >= 0.6 is 0 Å². The van der Waals surface area contributed by atoms with Crippen molar-refractivity contribution in [3.05, 3.63) is 28.6 Å². The van der Waals surface area contributed by atoms with Gasteiger partial charge >= 0.3 is 0 Å². The van der Waals surface area contributed by atoms with E-state index in [9.17, 15) is 15.3 Å². The van der Waals surface area contributed by atoms with Gasteiger partial charge in [0.2, 0.25) is 11.8 Å². The van der Waals surface area contributed by atoms with E-state index in [4.69, 9.17) is 19.4 Å². The molecule has 3 heterocycles. The maximum Gasteiger partial charge on any atom is 0.224 e. The monoisotopic (exact) mass is 527 g/mol. The number of aromatic nitrogens is 3. The molecule has 0 radical (unpaired) electrons. The number of aliphatic hydroxyl groups is 3. The van der Waals surface area contributed by atoms with E-state index in [1.165, 1.54) is 12.8 Å². The second kappa shape index (κ2) is 10.5. The van der Waals surface area contributed by atoms with Gasteiger partial charge in [-0.1, -0.05) is 20.8 Å². The third-order valence-electron chi connectivity index (χ3n) is 7.58. The number of ether oxygens (including phenoxy) is 2. The average Bonchev–Trinajstić information content (AvgIpc) is 3.53. The molecule has 5 rings (SSSR count). The maximum atomic E-state index is 10.7. The van der Waals surface area contributed by atoms with E-state index < -0.39 is 24.2 Å². The Morgan fingerprint density at radius 1 is 1.08 bits per heavy atom. The fraction of sp³-hybridized carbons (Fsp3) is 0.679. The molecule has 5 atom stereocenters. The van der Waals surface area contributed by atoms with Crippen molar-refractivity contribution in [1.82, 2.24) is 15.0 Å². The van der Waals surface area contributed by atoms with Crippen molar-refractivity contribution in [3.63, 3.8) is 0 Å². The average molecular weight is 528 g/mol. The fourth-order valence-electron chi connectivity index (χ4n) is 5.25. The van der Waals surface area contributed by atoms with Crippen molar-refractivity contribution in [2.75, 3.05) is 30.4 Å². The summed E-state index contributed by atoms with van der Waals surface area (Å²) in [7, 11) is 0. The highest BCUT2D eigenvalue weighted by atomic mass is 16.5. The van der Waals surface area contributed by atoms with Crippen LogP contribution in [0.15, 0.2) is 6.07 Å². The normalized spacial score (nSPS) is 26.7. The highest BCUT2D eigenvalue weighted by Crippen LogP contribution is 2.43. The van der Waals surface area contributed by atoms with E-state index in [-0.39, 0.29) is 18.1 Å². The summed E-state index contributed by atoms with van der Waals surface area (Å²) in [5, 5.41) is 37.4. The quantitative estimate of drug-likeness (QED) is 0.330. The summed E-state index contributed by atoms with van der Waals surface area (Å²) < 4.78 is 12.4. The van der Waals surface area contributed by atoms with Crippen LogP contribution in [-0.2, 0) is 6.42 Å².